The molecule has 0 unspecified atom stereocenters. The molecule has 0 atom stereocenters. The van der Waals surface area contributed by atoms with E-state index in [1.807, 2.05) is 19.3 Å². The predicted octanol–water partition coefficient (Wildman–Crippen LogP) is 3.72. The van der Waals surface area contributed by atoms with Crippen LogP contribution >= 0.6 is 11.6 Å². The summed E-state index contributed by atoms with van der Waals surface area (Å²) in [6.45, 7) is 11.5. The number of aromatic nitrogens is 1. The lowest BCUT2D eigenvalue weighted by molar-refractivity contribution is 0.418. The summed E-state index contributed by atoms with van der Waals surface area (Å²) in [5.74, 6) is 0.857. The highest BCUT2D eigenvalue weighted by Gasteiger charge is 2.16. The number of nitrogens with one attached hydrogen (secondary N) is 1. The zero-order valence-electron chi connectivity index (χ0n) is 12.8. The number of hydrogen-bond donors (Lipinski definition) is 1. The molecule has 1 rings (SSSR count). The van der Waals surface area contributed by atoms with Crippen LogP contribution in [0.25, 0.3) is 0 Å². The van der Waals surface area contributed by atoms with E-state index in [0.717, 1.165) is 42.5 Å². The molecule has 1 heterocycles. The second-order valence-electron chi connectivity index (χ2n) is 6.24. The number of rotatable bonds is 6. The van der Waals surface area contributed by atoms with Gasteiger partial charge in [-0.2, -0.15) is 0 Å². The SMILES string of the molecule is CCCNCc1cnc(N(C)CC(C)(C)C)c(Cl)c1. The molecule has 3 nitrogen and oxygen atoms in total. The molecule has 19 heavy (non-hydrogen) atoms. The minimum Gasteiger partial charge on any atom is -0.358 e. The molecule has 1 N–H and O–H groups in total. The molecule has 0 spiro atoms. The van der Waals surface area contributed by atoms with E-state index in [9.17, 15) is 0 Å². The molecule has 0 aliphatic rings. The first-order chi connectivity index (χ1) is 8.83. The zero-order chi connectivity index (χ0) is 14.5. The van der Waals surface area contributed by atoms with E-state index in [2.05, 4.69) is 42.9 Å². The Balaban J connectivity index is 2.71. The largest absolute Gasteiger partial charge is 0.358 e. The lowest BCUT2D eigenvalue weighted by Gasteiger charge is -2.28. The number of anilines is 1. The maximum Gasteiger partial charge on any atom is 0.147 e. The Morgan fingerprint density at radius 2 is 2.05 bits per heavy atom. The van der Waals surface area contributed by atoms with Crippen molar-refractivity contribution in [3.8, 4) is 0 Å². The molecule has 0 saturated carbocycles. The number of halogens is 1. The highest BCUT2D eigenvalue weighted by molar-refractivity contribution is 6.33. The first-order valence-electron chi connectivity index (χ1n) is 6.90. The molecule has 4 heteroatoms. The van der Waals surface area contributed by atoms with E-state index in [4.69, 9.17) is 11.6 Å². The molecule has 0 amide bonds. The van der Waals surface area contributed by atoms with Gasteiger partial charge in [0.15, 0.2) is 0 Å². The van der Waals surface area contributed by atoms with Crippen molar-refractivity contribution in [1.82, 2.24) is 10.3 Å². The van der Waals surface area contributed by atoms with Crippen molar-refractivity contribution in [3.05, 3.63) is 22.8 Å². The maximum atomic E-state index is 6.33. The summed E-state index contributed by atoms with van der Waals surface area (Å²) in [6.07, 6.45) is 3.04. The molecule has 0 aliphatic heterocycles. The van der Waals surface area contributed by atoms with Crippen LogP contribution in [0.4, 0.5) is 5.82 Å². The fourth-order valence-electron chi connectivity index (χ4n) is 2.04. The third-order valence-corrected chi connectivity index (χ3v) is 2.99. The van der Waals surface area contributed by atoms with Crippen LogP contribution < -0.4 is 10.2 Å². The molecule has 1 aromatic heterocycles. The van der Waals surface area contributed by atoms with Crippen LogP contribution in [0.2, 0.25) is 5.02 Å². The van der Waals surface area contributed by atoms with Gasteiger partial charge in [0.2, 0.25) is 0 Å². The fraction of sp³-hybridized carbons (Fsp3) is 0.667. The van der Waals surface area contributed by atoms with E-state index in [0.29, 0.717) is 0 Å². The summed E-state index contributed by atoms with van der Waals surface area (Å²) in [7, 11) is 2.04. The molecule has 0 aromatic carbocycles. The van der Waals surface area contributed by atoms with Gasteiger partial charge in [0.25, 0.3) is 0 Å². The lowest BCUT2D eigenvalue weighted by Crippen LogP contribution is -2.30. The Kier molecular flexibility index (Phi) is 6.08. The molecular weight excluding hydrogens is 258 g/mol. The quantitative estimate of drug-likeness (QED) is 0.807. The van der Waals surface area contributed by atoms with Crippen molar-refractivity contribution >= 4 is 17.4 Å². The third kappa shape index (κ3) is 5.79. The van der Waals surface area contributed by atoms with E-state index in [1.165, 1.54) is 0 Å². The van der Waals surface area contributed by atoms with Gasteiger partial charge >= 0.3 is 0 Å². The molecule has 1 aromatic rings. The molecular formula is C15H26ClN3. The van der Waals surface area contributed by atoms with Crippen LogP contribution in [-0.4, -0.2) is 25.1 Å². The lowest BCUT2D eigenvalue weighted by atomic mass is 9.96. The van der Waals surface area contributed by atoms with Crippen molar-refractivity contribution in [2.24, 2.45) is 5.41 Å². The van der Waals surface area contributed by atoms with Gasteiger partial charge in [-0.15, -0.1) is 0 Å². The van der Waals surface area contributed by atoms with E-state index >= 15 is 0 Å². The van der Waals surface area contributed by atoms with Crippen LogP contribution in [0.5, 0.6) is 0 Å². The topological polar surface area (TPSA) is 28.2 Å². The van der Waals surface area contributed by atoms with E-state index in [-0.39, 0.29) is 5.41 Å². The van der Waals surface area contributed by atoms with Crippen LogP contribution in [-0.2, 0) is 6.54 Å². The van der Waals surface area contributed by atoms with Crippen molar-refractivity contribution in [3.63, 3.8) is 0 Å². The number of pyridine rings is 1. The smallest absolute Gasteiger partial charge is 0.147 e. The molecule has 108 valence electrons. The normalized spacial score (nSPS) is 11.7. The maximum absolute atomic E-state index is 6.33. The third-order valence-electron chi connectivity index (χ3n) is 2.71. The fourth-order valence-corrected chi connectivity index (χ4v) is 2.38. The predicted molar refractivity (Wildman–Crippen MR) is 84.0 cm³/mol. The van der Waals surface area contributed by atoms with E-state index in [1.54, 1.807) is 0 Å². The highest BCUT2D eigenvalue weighted by atomic mass is 35.5. The van der Waals surface area contributed by atoms with Gasteiger partial charge in [-0.1, -0.05) is 39.3 Å². The molecule has 0 radical (unpaired) electrons. The van der Waals surface area contributed by atoms with Crippen molar-refractivity contribution in [2.75, 3.05) is 25.0 Å². The summed E-state index contributed by atoms with van der Waals surface area (Å²) in [5.41, 5.74) is 1.35. The standard InChI is InChI=1S/C15H26ClN3/c1-6-7-17-9-12-8-13(16)14(18-10-12)19(5)11-15(2,3)4/h8,10,17H,6-7,9,11H2,1-5H3. The Labute approximate surface area is 122 Å². The first-order valence-corrected chi connectivity index (χ1v) is 7.27. The van der Waals surface area contributed by atoms with Crippen LogP contribution in [0, 0.1) is 5.41 Å². The van der Waals surface area contributed by atoms with Crippen molar-refractivity contribution in [2.45, 2.75) is 40.7 Å². The monoisotopic (exact) mass is 283 g/mol. The van der Waals surface area contributed by atoms with Gasteiger partial charge < -0.3 is 10.2 Å². The Hall–Kier alpha value is -0.800. The van der Waals surface area contributed by atoms with Gasteiger partial charge in [-0.25, -0.2) is 4.98 Å². The average Bonchev–Trinajstić information content (AvgIpc) is 2.27. The summed E-state index contributed by atoms with van der Waals surface area (Å²) in [4.78, 5) is 6.61. The summed E-state index contributed by atoms with van der Waals surface area (Å²) < 4.78 is 0. The van der Waals surface area contributed by atoms with Crippen molar-refractivity contribution < 1.29 is 0 Å². The molecule has 0 fully saturated rings. The van der Waals surface area contributed by atoms with Crippen molar-refractivity contribution in [1.29, 1.82) is 0 Å². The minimum absolute atomic E-state index is 0.223. The summed E-state index contributed by atoms with van der Waals surface area (Å²) in [6, 6.07) is 2.01. The Morgan fingerprint density at radius 3 is 2.58 bits per heavy atom. The molecule has 0 aliphatic carbocycles. The van der Waals surface area contributed by atoms with Crippen LogP contribution in [0.15, 0.2) is 12.3 Å². The van der Waals surface area contributed by atoms with Crippen LogP contribution in [0.3, 0.4) is 0 Å². The Bertz CT molecular complexity index is 399. The second-order valence-corrected chi connectivity index (χ2v) is 6.65. The Morgan fingerprint density at radius 1 is 1.37 bits per heavy atom. The number of hydrogen-bond acceptors (Lipinski definition) is 3. The molecule has 0 saturated heterocycles. The van der Waals surface area contributed by atoms with Crippen LogP contribution in [0.1, 0.15) is 39.7 Å². The van der Waals surface area contributed by atoms with Gasteiger partial charge in [-0.05, 0) is 30.0 Å². The zero-order valence-corrected chi connectivity index (χ0v) is 13.5. The van der Waals surface area contributed by atoms with E-state index < -0.39 is 0 Å². The summed E-state index contributed by atoms with van der Waals surface area (Å²) >= 11 is 6.33. The van der Waals surface area contributed by atoms with Gasteiger partial charge in [0.05, 0.1) is 5.02 Å². The first kappa shape index (κ1) is 16.3. The average molecular weight is 284 g/mol. The van der Waals surface area contributed by atoms with Gasteiger partial charge in [-0.3, -0.25) is 0 Å². The summed E-state index contributed by atoms with van der Waals surface area (Å²) in [5, 5.41) is 4.08. The highest BCUT2D eigenvalue weighted by Crippen LogP contribution is 2.26. The second kappa shape index (κ2) is 7.11. The van der Waals surface area contributed by atoms with Gasteiger partial charge in [0, 0.05) is 26.3 Å². The number of nitrogens with zero attached hydrogens (tertiary/aromatic N) is 2. The minimum atomic E-state index is 0.223. The van der Waals surface area contributed by atoms with Gasteiger partial charge in [0.1, 0.15) is 5.82 Å². The molecule has 0 bridgehead atoms.